The van der Waals surface area contributed by atoms with Crippen molar-refractivity contribution in [2.45, 2.75) is 18.9 Å². The zero-order chi connectivity index (χ0) is 20.2. The van der Waals surface area contributed by atoms with Gasteiger partial charge in [-0.15, -0.1) is 0 Å². The summed E-state index contributed by atoms with van der Waals surface area (Å²) in [6.45, 7) is -0.0829. The summed E-state index contributed by atoms with van der Waals surface area (Å²) in [7, 11) is 0. The minimum absolute atomic E-state index is 0.0347. The Labute approximate surface area is 175 Å². The molecule has 0 fully saturated rings. The molecule has 0 aliphatic heterocycles. The molecule has 2 N–H and O–H groups in total. The Morgan fingerprint density at radius 3 is 2.29 bits per heavy atom. The van der Waals surface area contributed by atoms with Gasteiger partial charge >= 0.3 is 0 Å². The molecular weight excluding hydrogens is 390 g/mol. The molecule has 6 heteroatoms. The van der Waals surface area contributed by atoms with Crippen LogP contribution < -0.4 is 5.32 Å². The van der Waals surface area contributed by atoms with Crippen molar-refractivity contribution in [1.82, 2.24) is 5.32 Å². The molecule has 2 aromatic rings. The number of aliphatic hydroxyl groups is 1. The largest absolute Gasteiger partial charge is 0.394 e. The zero-order valence-corrected chi connectivity index (χ0v) is 17.7. The number of carbonyl (C=O) groups is 2. The second kappa shape index (κ2) is 12.6. The highest BCUT2D eigenvalue weighted by atomic mass is 32.2. The van der Waals surface area contributed by atoms with E-state index in [1.54, 1.807) is 23.9 Å². The summed E-state index contributed by atoms with van der Waals surface area (Å²) < 4.78 is 0. The van der Waals surface area contributed by atoms with Crippen molar-refractivity contribution in [2.24, 2.45) is 5.92 Å². The van der Waals surface area contributed by atoms with Gasteiger partial charge < -0.3 is 10.4 Å². The van der Waals surface area contributed by atoms with Crippen LogP contribution in [0.25, 0.3) is 0 Å². The van der Waals surface area contributed by atoms with Crippen LogP contribution in [-0.2, 0) is 11.2 Å². The molecule has 0 aliphatic carbocycles. The third kappa shape index (κ3) is 7.70. The maximum absolute atomic E-state index is 12.9. The first kappa shape index (κ1) is 22.5. The minimum Gasteiger partial charge on any atom is -0.394 e. The molecule has 28 heavy (non-hydrogen) atoms. The maximum Gasteiger partial charge on any atom is 0.224 e. The van der Waals surface area contributed by atoms with E-state index in [9.17, 15) is 14.7 Å². The van der Waals surface area contributed by atoms with Gasteiger partial charge in [-0.2, -0.15) is 11.8 Å². The van der Waals surface area contributed by atoms with E-state index >= 15 is 0 Å². The lowest BCUT2D eigenvalue weighted by Crippen LogP contribution is -2.42. The van der Waals surface area contributed by atoms with Crippen LogP contribution in [0.3, 0.4) is 0 Å². The first-order valence-electron chi connectivity index (χ1n) is 9.30. The monoisotopic (exact) mass is 417 g/mol. The second-order valence-electron chi connectivity index (χ2n) is 6.52. The summed E-state index contributed by atoms with van der Waals surface area (Å²) in [4.78, 5) is 25.3. The lowest BCUT2D eigenvalue weighted by molar-refractivity contribution is -0.125. The molecule has 0 saturated carbocycles. The van der Waals surface area contributed by atoms with Gasteiger partial charge in [0.25, 0.3) is 0 Å². The topological polar surface area (TPSA) is 66.4 Å². The molecule has 0 radical (unpaired) electrons. The molecular formula is C22H27NO3S2. The summed E-state index contributed by atoms with van der Waals surface area (Å²) in [6, 6.07) is 18.7. The van der Waals surface area contributed by atoms with Crippen molar-refractivity contribution in [3.8, 4) is 0 Å². The van der Waals surface area contributed by atoms with Crippen LogP contribution in [0, 0.1) is 5.92 Å². The molecule has 0 unspecified atom stereocenters. The van der Waals surface area contributed by atoms with E-state index in [2.05, 4.69) is 5.32 Å². The van der Waals surface area contributed by atoms with E-state index in [1.807, 2.05) is 54.8 Å². The van der Waals surface area contributed by atoms with Crippen LogP contribution in [0.15, 0.2) is 60.7 Å². The fourth-order valence-corrected chi connectivity index (χ4v) is 4.19. The Hall–Kier alpha value is -1.76. The lowest BCUT2D eigenvalue weighted by Gasteiger charge is -2.21. The van der Waals surface area contributed by atoms with E-state index in [0.717, 1.165) is 17.7 Å². The van der Waals surface area contributed by atoms with Crippen molar-refractivity contribution >= 4 is 34.5 Å². The average Bonchev–Trinajstić information content (AvgIpc) is 2.75. The van der Waals surface area contributed by atoms with Gasteiger partial charge in [-0.3, -0.25) is 9.59 Å². The smallest absolute Gasteiger partial charge is 0.224 e. The second-order valence-corrected chi connectivity index (χ2v) is 8.50. The summed E-state index contributed by atoms with van der Waals surface area (Å²) in [5.74, 6) is 0.811. The van der Waals surface area contributed by atoms with Crippen LogP contribution >= 0.6 is 23.5 Å². The van der Waals surface area contributed by atoms with Gasteiger partial charge in [0.1, 0.15) is 0 Å². The van der Waals surface area contributed by atoms with Gasteiger partial charge in [0, 0.05) is 11.3 Å². The Morgan fingerprint density at radius 1 is 1.04 bits per heavy atom. The summed E-state index contributed by atoms with van der Waals surface area (Å²) >= 11 is 2.86. The van der Waals surface area contributed by atoms with Crippen LogP contribution in [0.1, 0.15) is 22.3 Å². The Bertz CT molecular complexity index is 725. The molecule has 0 bridgehead atoms. The highest BCUT2D eigenvalue weighted by Crippen LogP contribution is 2.19. The van der Waals surface area contributed by atoms with Crippen LogP contribution in [-0.4, -0.2) is 46.5 Å². The molecule has 2 rings (SSSR count). The zero-order valence-electron chi connectivity index (χ0n) is 16.0. The number of nitrogens with one attached hydrogen (secondary N) is 1. The van der Waals surface area contributed by atoms with E-state index in [-0.39, 0.29) is 29.6 Å². The molecule has 2 atom stereocenters. The van der Waals surface area contributed by atoms with Crippen molar-refractivity contribution in [2.75, 3.05) is 24.4 Å². The molecule has 0 spiro atoms. The molecule has 2 aromatic carbocycles. The fourth-order valence-electron chi connectivity index (χ4n) is 2.75. The van der Waals surface area contributed by atoms with E-state index in [0.29, 0.717) is 17.7 Å². The Balaban J connectivity index is 2.03. The highest BCUT2D eigenvalue weighted by molar-refractivity contribution is 8.14. The SMILES string of the molecule is CSCC[C@@H](CO)NC(=O)[C@H](CSC(=O)c1ccccc1)Cc1ccccc1. The number of benzene rings is 2. The molecule has 0 heterocycles. The predicted octanol–water partition coefficient (Wildman–Crippen LogP) is 3.65. The van der Waals surface area contributed by atoms with Crippen LogP contribution in [0.4, 0.5) is 0 Å². The van der Waals surface area contributed by atoms with E-state index < -0.39 is 0 Å². The third-order valence-corrected chi connectivity index (χ3v) is 6.07. The van der Waals surface area contributed by atoms with Crippen molar-refractivity contribution < 1.29 is 14.7 Å². The first-order chi connectivity index (χ1) is 13.6. The van der Waals surface area contributed by atoms with Gasteiger partial charge in [0.2, 0.25) is 11.0 Å². The molecule has 0 aliphatic rings. The van der Waals surface area contributed by atoms with Gasteiger partial charge in [-0.25, -0.2) is 0 Å². The number of amides is 1. The van der Waals surface area contributed by atoms with Gasteiger partial charge in [-0.1, -0.05) is 72.4 Å². The van der Waals surface area contributed by atoms with E-state index in [1.165, 1.54) is 11.8 Å². The molecule has 1 amide bonds. The van der Waals surface area contributed by atoms with E-state index in [4.69, 9.17) is 0 Å². The third-order valence-electron chi connectivity index (χ3n) is 4.36. The number of hydrogen-bond donors (Lipinski definition) is 2. The number of aliphatic hydroxyl groups excluding tert-OH is 1. The van der Waals surface area contributed by atoms with Crippen molar-refractivity contribution in [1.29, 1.82) is 0 Å². The number of rotatable bonds is 11. The quantitative estimate of drug-likeness (QED) is 0.584. The van der Waals surface area contributed by atoms with Gasteiger partial charge in [-0.05, 0) is 30.4 Å². The van der Waals surface area contributed by atoms with Crippen molar-refractivity contribution in [3.05, 3.63) is 71.8 Å². The number of thioether (sulfide) groups is 2. The molecule has 0 aromatic heterocycles. The van der Waals surface area contributed by atoms with Gasteiger partial charge in [0.15, 0.2) is 0 Å². The average molecular weight is 418 g/mol. The Kier molecular flexibility index (Phi) is 10.2. The van der Waals surface area contributed by atoms with Crippen LogP contribution in [0.5, 0.6) is 0 Å². The number of carbonyl (C=O) groups excluding carboxylic acids is 2. The molecule has 150 valence electrons. The highest BCUT2D eigenvalue weighted by Gasteiger charge is 2.23. The van der Waals surface area contributed by atoms with Gasteiger partial charge in [0.05, 0.1) is 18.6 Å². The summed E-state index contributed by atoms with van der Waals surface area (Å²) in [5, 5.41) is 12.5. The molecule has 0 saturated heterocycles. The lowest BCUT2D eigenvalue weighted by atomic mass is 9.99. The predicted molar refractivity (Wildman–Crippen MR) is 119 cm³/mol. The number of hydrogen-bond acceptors (Lipinski definition) is 5. The minimum atomic E-state index is -0.344. The normalized spacial score (nSPS) is 12.9. The maximum atomic E-state index is 12.9. The standard InChI is InChI=1S/C22H27NO3S2/c1-27-13-12-20(15-24)23-21(25)19(14-17-8-4-2-5-9-17)16-28-22(26)18-10-6-3-7-11-18/h2-11,19-20,24H,12-16H2,1H3,(H,23,25)/t19-,20-/m0/s1. The molecule has 4 nitrogen and oxygen atoms in total. The first-order valence-corrected chi connectivity index (χ1v) is 11.7. The Morgan fingerprint density at radius 2 is 1.68 bits per heavy atom. The van der Waals surface area contributed by atoms with Crippen LogP contribution in [0.2, 0.25) is 0 Å². The summed E-state index contributed by atoms with van der Waals surface area (Å²) in [6.07, 6.45) is 3.28. The fraction of sp³-hybridized carbons (Fsp3) is 0.364. The summed E-state index contributed by atoms with van der Waals surface area (Å²) in [5.41, 5.74) is 1.69. The van der Waals surface area contributed by atoms with Crippen molar-refractivity contribution in [3.63, 3.8) is 0 Å².